The fraction of sp³-hybridized carbons (Fsp3) is 0.118. The van der Waals surface area contributed by atoms with Crippen LogP contribution in [0.1, 0.15) is 6.92 Å². The summed E-state index contributed by atoms with van der Waals surface area (Å²) in [5, 5.41) is 8.99. The maximum absolute atomic E-state index is 11.8. The third-order valence-corrected chi connectivity index (χ3v) is 4.07. The molecular formula is C17H16N4O2S. The first kappa shape index (κ1) is 15.9. The maximum atomic E-state index is 11.8. The second kappa shape index (κ2) is 7.10. The van der Waals surface area contributed by atoms with Gasteiger partial charge >= 0.3 is 0 Å². The summed E-state index contributed by atoms with van der Waals surface area (Å²) in [4.78, 5) is 16.8. The van der Waals surface area contributed by atoms with E-state index in [9.17, 15) is 4.79 Å². The average Bonchev–Trinajstić information content (AvgIpc) is 3.15. The van der Waals surface area contributed by atoms with Crippen LogP contribution in [0.2, 0.25) is 0 Å². The molecule has 0 saturated carbocycles. The first-order chi connectivity index (χ1) is 11.7. The molecule has 122 valence electrons. The molecule has 7 heteroatoms. The number of carbonyl (C=O) groups excluding carboxylic acids is 1. The number of benzene rings is 1. The van der Waals surface area contributed by atoms with E-state index in [4.69, 9.17) is 4.74 Å². The number of methoxy groups -OCH3 is 1. The Morgan fingerprint density at radius 2 is 2.17 bits per heavy atom. The van der Waals surface area contributed by atoms with Gasteiger partial charge in [0, 0.05) is 17.0 Å². The lowest BCUT2D eigenvalue weighted by Gasteiger charge is -2.06. The Morgan fingerprint density at radius 3 is 2.96 bits per heavy atom. The van der Waals surface area contributed by atoms with Gasteiger partial charge < -0.3 is 4.74 Å². The van der Waals surface area contributed by atoms with Crippen LogP contribution in [0.25, 0.3) is 16.2 Å². The number of nitrogens with one attached hydrogen (secondary N) is 1. The number of nitrogens with zero attached hydrogens (tertiary/aromatic N) is 3. The molecule has 24 heavy (non-hydrogen) atoms. The van der Waals surface area contributed by atoms with Crippen LogP contribution in [-0.4, -0.2) is 27.6 Å². The molecule has 0 unspecified atom stereocenters. The van der Waals surface area contributed by atoms with Gasteiger partial charge in [0.1, 0.15) is 5.75 Å². The average molecular weight is 340 g/mol. The molecule has 0 bridgehead atoms. The van der Waals surface area contributed by atoms with Crippen LogP contribution in [0.4, 0.5) is 5.95 Å². The molecule has 2 heterocycles. The molecule has 0 aliphatic carbocycles. The van der Waals surface area contributed by atoms with Gasteiger partial charge in [0.2, 0.25) is 4.96 Å². The lowest BCUT2D eigenvalue weighted by atomic mass is 10.1. The number of anilines is 1. The molecule has 3 aromatic rings. The van der Waals surface area contributed by atoms with Crippen LogP contribution in [0, 0.1) is 0 Å². The van der Waals surface area contributed by atoms with Gasteiger partial charge in [-0.05, 0) is 19.1 Å². The van der Waals surface area contributed by atoms with E-state index >= 15 is 0 Å². The zero-order valence-corrected chi connectivity index (χ0v) is 14.1. The highest BCUT2D eigenvalue weighted by Crippen LogP contribution is 2.32. The molecule has 0 fully saturated rings. The number of carbonyl (C=O) groups is 1. The van der Waals surface area contributed by atoms with Crippen LogP contribution >= 0.6 is 11.3 Å². The number of ether oxygens (including phenoxy) is 1. The van der Waals surface area contributed by atoms with Gasteiger partial charge in [-0.25, -0.2) is 4.52 Å². The van der Waals surface area contributed by atoms with E-state index in [0.717, 1.165) is 17.0 Å². The van der Waals surface area contributed by atoms with E-state index in [0.29, 0.717) is 4.96 Å². The third-order valence-electron chi connectivity index (χ3n) is 3.25. The van der Waals surface area contributed by atoms with Crippen LogP contribution in [-0.2, 0) is 4.79 Å². The summed E-state index contributed by atoms with van der Waals surface area (Å²) in [6.45, 7) is 1.88. The molecule has 0 radical (unpaired) electrons. The van der Waals surface area contributed by atoms with Gasteiger partial charge in [-0.3, -0.25) is 10.1 Å². The molecule has 0 aliphatic rings. The topological polar surface area (TPSA) is 68.5 Å². The highest BCUT2D eigenvalue weighted by Gasteiger charge is 2.15. The molecule has 1 aromatic carbocycles. The van der Waals surface area contributed by atoms with Crippen molar-refractivity contribution in [3.8, 4) is 17.0 Å². The minimum absolute atomic E-state index is 0.271. The van der Waals surface area contributed by atoms with E-state index in [1.165, 1.54) is 17.4 Å². The summed E-state index contributed by atoms with van der Waals surface area (Å²) >= 11 is 1.45. The van der Waals surface area contributed by atoms with Gasteiger partial charge in [-0.15, -0.1) is 16.4 Å². The molecule has 0 spiro atoms. The zero-order valence-electron chi connectivity index (χ0n) is 13.3. The van der Waals surface area contributed by atoms with Crippen molar-refractivity contribution in [1.82, 2.24) is 14.6 Å². The van der Waals surface area contributed by atoms with Crippen molar-refractivity contribution >= 4 is 28.2 Å². The monoisotopic (exact) mass is 340 g/mol. The van der Waals surface area contributed by atoms with E-state index < -0.39 is 0 Å². The predicted octanol–water partition coefficient (Wildman–Crippen LogP) is 3.54. The number of hydrogen-bond acceptors (Lipinski definition) is 5. The SMILES string of the molecule is C/C=C/C=C/C(=O)Nc1nc2scc(-c3ccccc3OC)n2n1. The Balaban J connectivity index is 1.91. The van der Waals surface area contributed by atoms with Gasteiger partial charge in [0.15, 0.2) is 0 Å². The van der Waals surface area contributed by atoms with E-state index in [1.807, 2.05) is 42.6 Å². The molecule has 1 amide bonds. The number of allylic oxidation sites excluding steroid dienone is 3. The summed E-state index contributed by atoms with van der Waals surface area (Å²) in [6, 6.07) is 7.70. The van der Waals surface area contributed by atoms with Crippen molar-refractivity contribution in [2.24, 2.45) is 0 Å². The number of hydrogen-bond donors (Lipinski definition) is 1. The highest BCUT2D eigenvalue weighted by molar-refractivity contribution is 7.15. The standard InChI is InChI=1S/C17H16N4O2S/c1-3-4-5-10-15(22)18-16-19-17-21(20-16)13(11-24-17)12-8-6-7-9-14(12)23-2/h3-11H,1-2H3,(H,18,20,22)/b4-3+,10-5+. The Kier molecular flexibility index (Phi) is 4.72. The van der Waals surface area contributed by atoms with Crippen LogP contribution in [0.3, 0.4) is 0 Å². The molecular weight excluding hydrogens is 324 g/mol. The molecule has 2 aromatic heterocycles. The van der Waals surface area contributed by atoms with Crippen LogP contribution in [0.15, 0.2) is 53.9 Å². The number of rotatable bonds is 5. The third kappa shape index (κ3) is 3.21. The summed E-state index contributed by atoms with van der Waals surface area (Å²) in [5.41, 5.74) is 1.78. The summed E-state index contributed by atoms with van der Waals surface area (Å²) in [7, 11) is 1.63. The summed E-state index contributed by atoms with van der Waals surface area (Å²) in [6.07, 6.45) is 6.71. The van der Waals surface area contributed by atoms with Crippen molar-refractivity contribution in [3.63, 3.8) is 0 Å². The fourth-order valence-electron chi connectivity index (χ4n) is 2.18. The maximum Gasteiger partial charge on any atom is 0.250 e. The molecule has 0 saturated heterocycles. The fourth-order valence-corrected chi connectivity index (χ4v) is 3.00. The smallest absolute Gasteiger partial charge is 0.250 e. The predicted molar refractivity (Wildman–Crippen MR) is 95.4 cm³/mol. The number of fused-ring (bicyclic) bond motifs is 1. The van der Waals surface area contributed by atoms with Gasteiger partial charge in [0.05, 0.1) is 12.8 Å². The second-order valence-corrected chi connectivity index (χ2v) is 5.66. The molecule has 0 atom stereocenters. The first-order valence-corrected chi connectivity index (χ1v) is 8.19. The molecule has 6 nitrogen and oxygen atoms in total. The van der Waals surface area contributed by atoms with Gasteiger partial charge in [-0.1, -0.05) is 30.4 Å². The second-order valence-electron chi connectivity index (χ2n) is 4.83. The number of thiazole rings is 1. The number of para-hydroxylation sites is 1. The molecule has 0 aliphatic heterocycles. The van der Waals surface area contributed by atoms with Gasteiger partial charge in [0.25, 0.3) is 11.9 Å². The van der Waals surface area contributed by atoms with E-state index in [2.05, 4.69) is 15.4 Å². The van der Waals surface area contributed by atoms with Crippen molar-refractivity contribution in [2.45, 2.75) is 6.92 Å². The lowest BCUT2D eigenvalue weighted by Crippen LogP contribution is -2.09. The quantitative estimate of drug-likeness (QED) is 0.570. The largest absolute Gasteiger partial charge is 0.496 e. The lowest BCUT2D eigenvalue weighted by molar-refractivity contribution is -0.111. The van der Waals surface area contributed by atoms with Crippen LogP contribution in [0.5, 0.6) is 5.75 Å². The van der Waals surface area contributed by atoms with Crippen molar-refractivity contribution < 1.29 is 9.53 Å². The highest BCUT2D eigenvalue weighted by atomic mass is 32.1. The van der Waals surface area contributed by atoms with Crippen molar-refractivity contribution in [1.29, 1.82) is 0 Å². The van der Waals surface area contributed by atoms with E-state index in [-0.39, 0.29) is 11.9 Å². The van der Waals surface area contributed by atoms with Gasteiger partial charge in [-0.2, -0.15) is 4.98 Å². The van der Waals surface area contributed by atoms with Crippen LogP contribution < -0.4 is 10.1 Å². The Bertz CT molecular complexity index is 924. The van der Waals surface area contributed by atoms with E-state index in [1.54, 1.807) is 23.8 Å². The normalized spacial score (nSPS) is 11.6. The molecule has 1 N–H and O–H groups in total. The Labute approximate surface area is 143 Å². The Hall–Kier alpha value is -2.93. The summed E-state index contributed by atoms with van der Waals surface area (Å²) < 4.78 is 7.10. The first-order valence-electron chi connectivity index (χ1n) is 7.31. The number of amides is 1. The van der Waals surface area contributed by atoms with Crippen molar-refractivity contribution in [3.05, 3.63) is 53.9 Å². The summed E-state index contributed by atoms with van der Waals surface area (Å²) in [5.74, 6) is 0.755. The number of aromatic nitrogens is 3. The zero-order chi connectivity index (χ0) is 16.9. The minimum Gasteiger partial charge on any atom is -0.496 e. The Morgan fingerprint density at radius 1 is 1.33 bits per heavy atom. The van der Waals surface area contributed by atoms with Crippen molar-refractivity contribution in [2.75, 3.05) is 12.4 Å². The minimum atomic E-state index is -0.273. The molecule has 3 rings (SSSR count).